The molecule has 3 nitrogen and oxygen atoms in total. The molecule has 10 aromatic carbocycles. The molecular formula is C68H60BN3. The fourth-order valence-electron chi connectivity index (χ4n) is 13.6. The van der Waals surface area contributed by atoms with E-state index in [4.69, 9.17) is 0 Å². The number of para-hydroxylation sites is 2. The predicted molar refractivity (Wildman–Crippen MR) is 312 cm³/mol. The second kappa shape index (κ2) is 13.4. The molecule has 3 aromatic heterocycles. The van der Waals surface area contributed by atoms with E-state index in [9.17, 15) is 0 Å². The smallest absolute Gasteiger partial charge is 0.333 e. The lowest BCUT2D eigenvalue weighted by molar-refractivity contribution is 0.590. The van der Waals surface area contributed by atoms with Gasteiger partial charge in [-0.15, -0.1) is 0 Å². The molecule has 0 aliphatic carbocycles. The van der Waals surface area contributed by atoms with Gasteiger partial charge in [0.1, 0.15) is 0 Å². The fraction of sp³-hybridized carbons (Fsp3) is 0.235. The molecular weight excluding hydrogens is 870 g/mol. The SMILES string of the molecule is CC(C)(C)c1cc2ccc3c4c5c(c6ccc(c1)c2c36)-n1c2c(cc(C(C)(C)C)cc2c2ccc3c(c6ccccc6n3-c3ccccc3)c21)B5n1c2ccc(C(C)(C)C)cc2c2cc(C(C)(C)C)cc-4c21. The second-order valence-corrected chi connectivity index (χ2v) is 25.8. The number of rotatable bonds is 1. The maximum absolute atomic E-state index is 2.80. The quantitative estimate of drug-likeness (QED) is 0.115. The molecule has 15 rings (SSSR count). The van der Waals surface area contributed by atoms with E-state index in [0.29, 0.717) is 0 Å². The molecule has 0 amide bonds. The Kier molecular flexibility index (Phi) is 7.89. The first-order chi connectivity index (χ1) is 34.3. The summed E-state index contributed by atoms with van der Waals surface area (Å²) in [4.78, 5) is 0. The number of benzene rings is 10. The van der Waals surface area contributed by atoms with E-state index in [1.54, 1.807) is 0 Å². The first kappa shape index (κ1) is 42.4. The highest BCUT2D eigenvalue weighted by atomic mass is 15.0. The number of aromatic nitrogens is 3. The lowest BCUT2D eigenvalue weighted by atomic mass is 9.44. The standard InChI is InChI=1S/C68H60BN3/c1-65(2,3)39-24-28-54-48(32-39)50-33-41(67(7,8)9)35-51-58-46-25-22-37-30-40(66(4,5)6)31-38-23-26-47(57(46)56(37)38)64-60(58)69(72(54)61(50)51)52-36-42(68(10,11)12)34-49-44-27-29-55-59(63(44)71(64)62(49)52)45-20-16-17-21-53(45)70(55)43-18-14-13-15-19-43/h13-36H,1-12H3. The Labute approximate surface area is 422 Å². The highest BCUT2D eigenvalue weighted by Gasteiger charge is 2.45. The van der Waals surface area contributed by atoms with Crippen molar-refractivity contribution < 1.29 is 0 Å². The van der Waals surface area contributed by atoms with Crippen LogP contribution in [-0.2, 0) is 21.7 Å². The third-order valence-electron chi connectivity index (χ3n) is 17.3. The summed E-state index contributed by atoms with van der Waals surface area (Å²) in [6.07, 6.45) is 0. The van der Waals surface area contributed by atoms with Gasteiger partial charge in [-0.25, -0.2) is 0 Å². The average molecular weight is 930 g/mol. The molecule has 0 N–H and O–H groups in total. The maximum atomic E-state index is 2.80. The lowest BCUT2D eigenvalue weighted by Crippen LogP contribution is -2.55. The Hall–Kier alpha value is -7.30. The zero-order chi connectivity index (χ0) is 49.4. The van der Waals surface area contributed by atoms with Crippen molar-refractivity contribution in [2.24, 2.45) is 0 Å². The number of hydrogen-bond donors (Lipinski definition) is 0. The van der Waals surface area contributed by atoms with Crippen LogP contribution in [0.5, 0.6) is 0 Å². The van der Waals surface area contributed by atoms with Crippen LogP contribution in [0.25, 0.3) is 120 Å². The molecule has 0 radical (unpaired) electrons. The van der Waals surface area contributed by atoms with Gasteiger partial charge in [0.25, 0.3) is 0 Å². The van der Waals surface area contributed by atoms with Crippen molar-refractivity contribution in [3.8, 4) is 22.5 Å². The number of hydrogen-bond acceptors (Lipinski definition) is 0. The molecule has 2 aliphatic rings. The molecule has 13 aromatic rings. The van der Waals surface area contributed by atoms with Crippen LogP contribution in [0.15, 0.2) is 146 Å². The van der Waals surface area contributed by atoms with Crippen molar-refractivity contribution in [3.63, 3.8) is 0 Å². The third-order valence-corrected chi connectivity index (χ3v) is 17.3. The average Bonchev–Trinajstić information content (AvgIpc) is 3.98. The molecule has 0 saturated carbocycles. The molecule has 0 atom stereocenters. The van der Waals surface area contributed by atoms with Crippen molar-refractivity contribution in [2.75, 3.05) is 0 Å². The first-order valence-corrected chi connectivity index (χ1v) is 26.3. The minimum absolute atomic E-state index is 0.00432. The Morgan fingerprint density at radius 2 is 0.944 bits per heavy atom. The molecule has 2 aliphatic heterocycles. The fourth-order valence-corrected chi connectivity index (χ4v) is 13.6. The summed E-state index contributed by atoms with van der Waals surface area (Å²) in [6.45, 7) is 28.4. The predicted octanol–water partition coefficient (Wildman–Crippen LogP) is 17.0. The van der Waals surface area contributed by atoms with E-state index in [-0.39, 0.29) is 28.5 Å². The van der Waals surface area contributed by atoms with Crippen LogP contribution < -0.4 is 10.9 Å². The van der Waals surface area contributed by atoms with E-state index in [0.717, 1.165) is 0 Å². The zero-order valence-corrected chi connectivity index (χ0v) is 43.8. The van der Waals surface area contributed by atoms with Crippen molar-refractivity contribution >= 4 is 116 Å². The highest BCUT2D eigenvalue weighted by Crippen LogP contribution is 2.52. The molecule has 0 bridgehead atoms. The topological polar surface area (TPSA) is 14.8 Å². The van der Waals surface area contributed by atoms with Gasteiger partial charge in [0.05, 0.1) is 27.8 Å². The van der Waals surface area contributed by atoms with E-state index < -0.39 is 0 Å². The zero-order valence-electron chi connectivity index (χ0n) is 43.8. The van der Waals surface area contributed by atoms with Gasteiger partial charge in [-0.1, -0.05) is 174 Å². The van der Waals surface area contributed by atoms with E-state index in [2.05, 4.69) is 242 Å². The minimum atomic E-state index is -0.0983. The highest BCUT2D eigenvalue weighted by molar-refractivity contribution is 6.91. The van der Waals surface area contributed by atoms with Gasteiger partial charge >= 0.3 is 6.85 Å². The number of fused-ring (bicyclic) bond motifs is 16. The largest absolute Gasteiger partial charge is 0.375 e. The van der Waals surface area contributed by atoms with Crippen molar-refractivity contribution in [3.05, 3.63) is 168 Å². The first-order valence-electron chi connectivity index (χ1n) is 26.3. The van der Waals surface area contributed by atoms with Crippen molar-refractivity contribution in [1.29, 1.82) is 0 Å². The van der Waals surface area contributed by atoms with Gasteiger partial charge in [-0.2, -0.15) is 0 Å². The summed E-state index contributed by atoms with van der Waals surface area (Å²) in [5.41, 5.74) is 21.0. The molecule has 0 saturated heterocycles. The molecule has 0 unspecified atom stereocenters. The molecule has 4 heteroatoms. The number of nitrogens with zero attached hydrogens (tertiary/aromatic N) is 3. The van der Waals surface area contributed by atoms with Crippen LogP contribution in [0.1, 0.15) is 105 Å². The summed E-state index contributed by atoms with van der Waals surface area (Å²) in [6, 6.07) is 57.5. The summed E-state index contributed by atoms with van der Waals surface area (Å²) in [7, 11) is 0. The van der Waals surface area contributed by atoms with Crippen LogP contribution in [0.2, 0.25) is 0 Å². The lowest BCUT2D eigenvalue weighted by Gasteiger charge is -2.37. The van der Waals surface area contributed by atoms with Gasteiger partial charge in [0.2, 0.25) is 0 Å². The Morgan fingerprint density at radius 1 is 0.361 bits per heavy atom. The monoisotopic (exact) mass is 929 g/mol. The van der Waals surface area contributed by atoms with Gasteiger partial charge < -0.3 is 13.6 Å². The molecule has 72 heavy (non-hydrogen) atoms. The molecule has 0 spiro atoms. The van der Waals surface area contributed by atoms with Crippen LogP contribution in [0, 0.1) is 0 Å². The minimum Gasteiger partial charge on any atom is -0.375 e. The van der Waals surface area contributed by atoms with Crippen LogP contribution >= 0.6 is 0 Å². The summed E-state index contributed by atoms with van der Waals surface area (Å²) in [5.74, 6) is 0. The normalized spacial score (nSPS) is 14.1. The van der Waals surface area contributed by atoms with Gasteiger partial charge in [-0.3, -0.25) is 0 Å². The molecule has 350 valence electrons. The Bertz CT molecular complexity index is 4560. The van der Waals surface area contributed by atoms with Gasteiger partial charge in [-0.05, 0) is 137 Å². The molecule has 0 fully saturated rings. The summed E-state index contributed by atoms with van der Waals surface area (Å²) >= 11 is 0. The van der Waals surface area contributed by atoms with Crippen LogP contribution in [0.3, 0.4) is 0 Å². The van der Waals surface area contributed by atoms with Gasteiger partial charge in [0.15, 0.2) is 0 Å². The van der Waals surface area contributed by atoms with E-state index in [1.807, 2.05) is 0 Å². The van der Waals surface area contributed by atoms with Crippen molar-refractivity contribution in [2.45, 2.75) is 105 Å². The second-order valence-electron chi connectivity index (χ2n) is 25.8. The van der Waals surface area contributed by atoms with E-state index >= 15 is 0 Å². The van der Waals surface area contributed by atoms with Crippen molar-refractivity contribution in [1.82, 2.24) is 13.6 Å². The van der Waals surface area contributed by atoms with Gasteiger partial charge in [0, 0.05) is 65.4 Å². The van der Waals surface area contributed by atoms with Crippen LogP contribution in [-0.4, -0.2) is 20.5 Å². The van der Waals surface area contributed by atoms with E-state index in [1.165, 1.54) is 153 Å². The van der Waals surface area contributed by atoms with Crippen LogP contribution in [0.4, 0.5) is 0 Å². The Balaban J connectivity index is 1.24. The maximum Gasteiger partial charge on any atom is 0.333 e. The summed E-state index contributed by atoms with van der Waals surface area (Å²) < 4.78 is 8.09. The molecule has 5 heterocycles. The third kappa shape index (κ3) is 5.33. The Morgan fingerprint density at radius 3 is 1.64 bits per heavy atom. The summed E-state index contributed by atoms with van der Waals surface area (Å²) in [5, 5.41) is 15.9.